The molecule has 5 nitrogen and oxygen atoms in total. The minimum atomic E-state index is -0.0359. The van der Waals surface area contributed by atoms with Gasteiger partial charge in [0.1, 0.15) is 0 Å². The second kappa shape index (κ2) is 7.50. The van der Waals surface area contributed by atoms with Crippen molar-refractivity contribution in [3.63, 3.8) is 0 Å². The van der Waals surface area contributed by atoms with Crippen molar-refractivity contribution in [1.82, 2.24) is 15.5 Å². The highest BCUT2D eigenvalue weighted by Gasteiger charge is 2.24. The number of hydrogen-bond donors (Lipinski definition) is 2. The van der Waals surface area contributed by atoms with Gasteiger partial charge in [0.25, 0.3) is 5.91 Å². The van der Waals surface area contributed by atoms with E-state index in [0.717, 1.165) is 24.4 Å². The molecule has 1 fully saturated rings. The number of carbonyl (C=O) groups excluding carboxylic acids is 1. The van der Waals surface area contributed by atoms with E-state index < -0.39 is 0 Å². The highest BCUT2D eigenvalue weighted by atomic mass is 16.1. The molecule has 116 valence electrons. The van der Waals surface area contributed by atoms with Gasteiger partial charge in [-0.1, -0.05) is 19.8 Å². The number of nitrogens with zero attached hydrogens (tertiary/aromatic N) is 2. The summed E-state index contributed by atoms with van der Waals surface area (Å²) in [6.07, 6.45) is 5.57. The van der Waals surface area contributed by atoms with Gasteiger partial charge in [0.05, 0.1) is 17.0 Å². The van der Waals surface area contributed by atoms with Gasteiger partial charge in [-0.25, -0.2) is 0 Å². The summed E-state index contributed by atoms with van der Waals surface area (Å²) in [5, 5.41) is 11.2. The van der Waals surface area contributed by atoms with E-state index >= 15 is 0 Å². The number of hydrogen-bond acceptors (Lipinski definition) is 4. The van der Waals surface area contributed by atoms with Crippen molar-refractivity contribution in [1.29, 1.82) is 0 Å². The van der Waals surface area contributed by atoms with Crippen molar-refractivity contribution in [2.24, 2.45) is 17.6 Å². The van der Waals surface area contributed by atoms with Gasteiger partial charge in [0.2, 0.25) is 0 Å². The van der Waals surface area contributed by atoms with Gasteiger partial charge in [-0.2, -0.15) is 10.2 Å². The van der Waals surface area contributed by atoms with Crippen LogP contribution in [0.1, 0.15) is 54.4 Å². The molecule has 5 heteroatoms. The molecule has 1 aromatic heterocycles. The van der Waals surface area contributed by atoms with Crippen LogP contribution in [0.25, 0.3) is 0 Å². The van der Waals surface area contributed by atoms with Gasteiger partial charge in [0, 0.05) is 6.54 Å². The molecule has 2 rings (SSSR count). The summed E-state index contributed by atoms with van der Waals surface area (Å²) in [6, 6.07) is 1.82. The number of aromatic nitrogens is 2. The molecule has 1 heterocycles. The smallest absolute Gasteiger partial charge is 0.253 e. The fourth-order valence-corrected chi connectivity index (χ4v) is 3.15. The van der Waals surface area contributed by atoms with Crippen LogP contribution in [0.15, 0.2) is 6.07 Å². The van der Waals surface area contributed by atoms with E-state index in [1.54, 1.807) is 0 Å². The highest BCUT2D eigenvalue weighted by molar-refractivity contribution is 5.95. The number of aryl methyl sites for hydroxylation is 2. The van der Waals surface area contributed by atoms with E-state index in [1.807, 2.05) is 19.9 Å². The first-order valence-electron chi connectivity index (χ1n) is 7.97. The van der Waals surface area contributed by atoms with Crippen molar-refractivity contribution >= 4 is 5.91 Å². The van der Waals surface area contributed by atoms with E-state index in [-0.39, 0.29) is 5.91 Å². The van der Waals surface area contributed by atoms with Crippen LogP contribution in [0.2, 0.25) is 0 Å². The Morgan fingerprint density at radius 1 is 1.33 bits per heavy atom. The highest BCUT2D eigenvalue weighted by Crippen LogP contribution is 2.28. The summed E-state index contributed by atoms with van der Waals surface area (Å²) in [7, 11) is 0. The van der Waals surface area contributed by atoms with Gasteiger partial charge in [0.15, 0.2) is 0 Å². The third-order valence-corrected chi connectivity index (χ3v) is 4.47. The number of carbonyl (C=O) groups is 1. The molecule has 1 amide bonds. The first-order valence-corrected chi connectivity index (χ1v) is 7.97. The average Bonchev–Trinajstić information content (AvgIpc) is 2.52. The van der Waals surface area contributed by atoms with Crippen molar-refractivity contribution in [3.8, 4) is 0 Å². The van der Waals surface area contributed by atoms with Crippen LogP contribution in [-0.2, 0) is 6.42 Å². The van der Waals surface area contributed by atoms with Gasteiger partial charge in [-0.3, -0.25) is 4.79 Å². The van der Waals surface area contributed by atoms with Crippen molar-refractivity contribution < 1.29 is 4.79 Å². The lowest BCUT2D eigenvalue weighted by molar-refractivity contribution is 0.0933. The molecule has 1 aromatic rings. The average molecular weight is 290 g/mol. The second-order valence-electron chi connectivity index (χ2n) is 5.95. The molecule has 0 spiro atoms. The van der Waals surface area contributed by atoms with E-state index in [4.69, 9.17) is 5.73 Å². The first-order chi connectivity index (χ1) is 10.2. The SMILES string of the molecule is CCc1nnc(C)cc1C(=O)NCC1CCCCC1CN. The van der Waals surface area contributed by atoms with Crippen LogP contribution in [0.3, 0.4) is 0 Å². The predicted molar refractivity (Wildman–Crippen MR) is 83.0 cm³/mol. The lowest BCUT2D eigenvalue weighted by Crippen LogP contribution is -2.37. The zero-order valence-corrected chi connectivity index (χ0v) is 13.1. The molecule has 2 unspecified atom stereocenters. The third kappa shape index (κ3) is 4.00. The Balaban J connectivity index is 1.99. The third-order valence-electron chi connectivity index (χ3n) is 4.47. The Hall–Kier alpha value is -1.49. The topological polar surface area (TPSA) is 80.9 Å². The maximum absolute atomic E-state index is 12.4. The summed E-state index contributed by atoms with van der Waals surface area (Å²) >= 11 is 0. The van der Waals surface area contributed by atoms with E-state index in [1.165, 1.54) is 19.3 Å². The number of amides is 1. The summed E-state index contributed by atoms with van der Waals surface area (Å²) in [5.74, 6) is 1.02. The number of nitrogens with two attached hydrogens (primary N) is 1. The zero-order chi connectivity index (χ0) is 15.2. The molecule has 0 radical (unpaired) electrons. The standard InChI is InChI=1S/C16H26N4O/c1-3-15-14(8-11(2)19-20-15)16(21)18-10-13-7-5-4-6-12(13)9-17/h8,12-13H,3-7,9-10,17H2,1-2H3,(H,18,21). The monoisotopic (exact) mass is 290 g/mol. The maximum atomic E-state index is 12.4. The molecule has 1 aliphatic carbocycles. The normalized spacial score (nSPS) is 22.0. The first kappa shape index (κ1) is 15.9. The summed E-state index contributed by atoms with van der Waals surface area (Å²) in [6.45, 7) is 5.28. The Morgan fingerprint density at radius 2 is 2.05 bits per heavy atom. The summed E-state index contributed by atoms with van der Waals surface area (Å²) < 4.78 is 0. The number of nitrogens with one attached hydrogen (secondary N) is 1. The van der Waals surface area contributed by atoms with Crippen molar-refractivity contribution in [3.05, 3.63) is 23.0 Å². The van der Waals surface area contributed by atoms with Gasteiger partial charge in [-0.15, -0.1) is 0 Å². The fraction of sp³-hybridized carbons (Fsp3) is 0.688. The minimum Gasteiger partial charge on any atom is -0.352 e. The molecule has 0 saturated heterocycles. The Labute approximate surface area is 126 Å². The predicted octanol–water partition coefficient (Wildman–Crippen LogP) is 1.84. The molecule has 1 saturated carbocycles. The minimum absolute atomic E-state index is 0.0359. The lowest BCUT2D eigenvalue weighted by atomic mass is 9.79. The molecular formula is C16H26N4O. The fourth-order valence-electron chi connectivity index (χ4n) is 3.15. The van der Waals surface area contributed by atoms with Crippen LogP contribution in [-0.4, -0.2) is 29.2 Å². The summed E-state index contributed by atoms with van der Waals surface area (Å²) in [5.41, 5.74) is 8.04. The Bertz CT molecular complexity index is 489. The maximum Gasteiger partial charge on any atom is 0.253 e. The zero-order valence-electron chi connectivity index (χ0n) is 13.1. The van der Waals surface area contributed by atoms with Crippen molar-refractivity contribution in [2.45, 2.75) is 46.0 Å². The largest absolute Gasteiger partial charge is 0.352 e. The molecule has 21 heavy (non-hydrogen) atoms. The molecule has 0 aromatic carbocycles. The molecule has 3 N–H and O–H groups in total. The Kier molecular flexibility index (Phi) is 5.67. The summed E-state index contributed by atoms with van der Waals surface area (Å²) in [4.78, 5) is 12.4. The van der Waals surface area contributed by atoms with E-state index in [9.17, 15) is 4.79 Å². The molecular weight excluding hydrogens is 264 g/mol. The second-order valence-corrected chi connectivity index (χ2v) is 5.95. The molecule has 0 bridgehead atoms. The molecule has 1 aliphatic rings. The van der Waals surface area contributed by atoms with Gasteiger partial charge < -0.3 is 11.1 Å². The van der Waals surface area contributed by atoms with Crippen molar-refractivity contribution in [2.75, 3.05) is 13.1 Å². The number of rotatable bonds is 5. The van der Waals surface area contributed by atoms with Gasteiger partial charge in [-0.05, 0) is 50.6 Å². The van der Waals surface area contributed by atoms with E-state index in [0.29, 0.717) is 30.4 Å². The molecule has 0 aliphatic heterocycles. The van der Waals surface area contributed by atoms with Gasteiger partial charge >= 0.3 is 0 Å². The van der Waals surface area contributed by atoms with Crippen LogP contribution >= 0.6 is 0 Å². The van der Waals surface area contributed by atoms with Crippen LogP contribution in [0.5, 0.6) is 0 Å². The van der Waals surface area contributed by atoms with Crippen LogP contribution in [0.4, 0.5) is 0 Å². The van der Waals surface area contributed by atoms with Crippen LogP contribution in [0, 0.1) is 18.8 Å². The Morgan fingerprint density at radius 3 is 2.71 bits per heavy atom. The quantitative estimate of drug-likeness (QED) is 0.867. The van der Waals surface area contributed by atoms with E-state index in [2.05, 4.69) is 15.5 Å². The molecule has 2 atom stereocenters. The lowest BCUT2D eigenvalue weighted by Gasteiger charge is -2.30. The van der Waals surface area contributed by atoms with Crippen LogP contribution < -0.4 is 11.1 Å².